The molecule has 12 heteroatoms. The summed E-state index contributed by atoms with van der Waals surface area (Å²) in [4.78, 5) is 15.0. The molecule has 0 bridgehead atoms. The summed E-state index contributed by atoms with van der Waals surface area (Å²) in [5, 5.41) is -3.39. The van der Waals surface area contributed by atoms with E-state index in [2.05, 4.69) is 4.79 Å². The highest BCUT2D eigenvalue weighted by Crippen LogP contribution is 2.53. The minimum absolute atomic E-state index is 0.150. The Balaban J connectivity index is 6.92. The van der Waals surface area contributed by atoms with Crippen LogP contribution < -0.4 is 0 Å². The maximum absolute atomic E-state index is 12.9. The first kappa shape index (κ1) is 23.8. The number of rotatable bonds is 5. The van der Waals surface area contributed by atoms with Crippen LogP contribution in [0.3, 0.4) is 0 Å². The van der Waals surface area contributed by atoms with Gasteiger partial charge in [0.05, 0.1) is 6.61 Å². The zero-order valence-electron chi connectivity index (χ0n) is 15.2. The molecule has 0 aliphatic heterocycles. The average Bonchev–Trinajstić information content (AvgIpc) is 2.34. The van der Waals surface area contributed by atoms with Crippen LogP contribution in [-0.4, -0.2) is 44.9 Å². The van der Waals surface area contributed by atoms with Crippen LogP contribution in [0.1, 0.15) is 48.5 Å². The zero-order valence-corrected chi connectivity index (χ0v) is 17.0. The second-order valence-electron chi connectivity index (χ2n) is 7.33. The van der Waals surface area contributed by atoms with E-state index in [-0.39, 0.29) is 6.61 Å². The number of nitrogens with zero attached hydrogens (tertiary/aromatic N) is 2. The van der Waals surface area contributed by atoms with Crippen molar-refractivity contribution in [2.24, 2.45) is 0 Å². The molecule has 0 spiro atoms. The number of carbonyl (C=O) groups is 1. The summed E-state index contributed by atoms with van der Waals surface area (Å²) in [5.41, 5.74) is 3.65. The molecular weight excluding hydrogens is 381 g/mol. The molecule has 0 aromatic carbocycles. The standard InChI is InChI=1S/C13H23F3N2O5SSi/c1-8-22-10(19)9(18-17)25(11(2,3)4,12(5,6)7)23-24(20,21)13(14,15)16/h8H2,1-7H3. The third-order valence-corrected chi connectivity index (χ3v) is 11.2. The van der Waals surface area contributed by atoms with Crippen LogP contribution in [0.25, 0.3) is 5.53 Å². The number of hydrogen-bond acceptors (Lipinski definition) is 5. The normalized spacial score (nSPS) is 14.0. The van der Waals surface area contributed by atoms with Crippen molar-refractivity contribution in [2.45, 2.75) is 64.1 Å². The zero-order chi connectivity index (χ0) is 20.5. The summed E-state index contributed by atoms with van der Waals surface area (Å²) >= 11 is 0. The van der Waals surface area contributed by atoms with Crippen molar-refractivity contribution in [3.8, 4) is 0 Å². The predicted octanol–water partition coefficient (Wildman–Crippen LogP) is 3.17. The summed E-state index contributed by atoms with van der Waals surface area (Å²) < 4.78 is 71.8. The quantitative estimate of drug-likeness (QED) is 0.175. The van der Waals surface area contributed by atoms with Gasteiger partial charge in [-0.2, -0.15) is 26.4 Å². The number of alkyl halides is 3. The molecular formula is C13H23F3N2O5SSi. The molecule has 0 aliphatic carbocycles. The van der Waals surface area contributed by atoms with E-state index in [1.807, 2.05) is 0 Å². The molecule has 0 unspecified atom stereocenters. The molecule has 0 atom stereocenters. The average molecular weight is 404 g/mol. The van der Waals surface area contributed by atoms with Crippen molar-refractivity contribution in [1.29, 1.82) is 0 Å². The van der Waals surface area contributed by atoms with Gasteiger partial charge in [-0.3, -0.25) is 3.87 Å². The third kappa shape index (κ3) is 4.49. The number of carbonyl (C=O) groups excluding carboxylic acids is 1. The van der Waals surface area contributed by atoms with Gasteiger partial charge < -0.3 is 10.3 Å². The lowest BCUT2D eigenvalue weighted by molar-refractivity contribution is -0.139. The Labute approximate surface area is 146 Å². The molecule has 0 heterocycles. The van der Waals surface area contributed by atoms with Gasteiger partial charge in [-0.15, -0.1) is 0 Å². The minimum Gasteiger partial charge on any atom is -0.458 e. The fourth-order valence-corrected chi connectivity index (χ4v) is 11.0. The van der Waals surface area contributed by atoms with Crippen LogP contribution in [0.5, 0.6) is 0 Å². The van der Waals surface area contributed by atoms with E-state index < -0.39 is 45.3 Å². The van der Waals surface area contributed by atoms with Gasteiger partial charge in [0.1, 0.15) is 0 Å². The maximum atomic E-state index is 12.9. The Kier molecular flexibility index (Phi) is 6.82. The lowest BCUT2D eigenvalue weighted by Gasteiger charge is -2.44. The first-order valence-electron chi connectivity index (χ1n) is 7.30. The van der Waals surface area contributed by atoms with Crippen molar-refractivity contribution in [3.05, 3.63) is 5.53 Å². The number of halogens is 3. The second kappa shape index (κ2) is 7.18. The van der Waals surface area contributed by atoms with Crippen molar-refractivity contribution in [2.75, 3.05) is 6.61 Å². The van der Waals surface area contributed by atoms with Crippen LogP contribution in [0.4, 0.5) is 13.2 Å². The molecule has 0 saturated heterocycles. The van der Waals surface area contributed by atoms with E-state index in [9.17, 15) is 31.9 Å². The topological polar surface area (TPSA) is 106 Å². The molecule has 0 aromatic rings. The maximum Gasteiger partial charge on any atom is 0.522 e. The summed E-state index contributed by atoms with van der Waals surface area (Å²) in [7, 11) is -10.5. The molecule has 0 fully saturated rings. The molecule has 0 aromatic heterocycles. The van der Waals surface area contributed by atoms with Crippen LogP contribution >= 0.6 is 0 Å². The summed E-state index contributed by atoms with van der Waals surface area (Å²) in [6.45, 7) is 9.80. The van der Waals surface area contributed by atoms with Crippen molar-refractivity contribution in [3.63, 3.8) is 0 Å². The number of ether oxygens (including phenoxy) is 1. The van der Waals surface area contributed by atoms with Gasteiger partial charge in [0.15, 0.2) is 0 Å². The van der Waals surface area contributed by atoms with Crippen LogP contribution in [0, 0.1) is 0 Å². The first-order chi connectivity index (χ1) is 10.9. The van der Waals surface area contributed by atoms with E-state index in [1.54, 1.807) is 0 Å². The van der Waals surface area contributed by atoms with Crippen molar-refractivity contribution in [1.82, 2.24) is 0 Å². The van der Waals surface area contributed by atoms with Gasteiger partial charge in [-0.1, -0.05) is 41.5 Å². The van der Waals surface area contributed by atoms with Gasteiger partial charge in [0.25, 0.3) is 0 Å². The summed E-state index contributed by atoms with van der Waals surface area (Å²) in [5.74, 6) is -1.22. The van der Waals surface area contributed by atoms with Gasteiger partial charge in [0, 0.05) is 0 Å². The smallest absolute Gasteiger partial charge is 0.458 e. The molecule has 0 radical (unpaired) electrons. The molecule has 146 valence electrons. The SMILES string of the molecule is CCOC(=O)C(=[N+]=[N-])[Si](OS(=O)(=O)C(F)(F)F)(C(C)(C)C)C(C)(C)C. The molecule has 0 saturated carbocycles. The monoisotopic (exact) mass is 404 g/mol. The minimum atomic E-state index is -6.06. The Bertz CT molecular complexity index is 657. The fraction of sp³-hybridized carbons (Fsp3) is 0.846. The van der Waals surface area contributed by atoms with Gasteiger partial charge in [-0.05, 0) is 17.0 Å². The molecule has 0 N–H and O–H groups in total. The lowest BCUT2D eigenvalue weighted by atomic mass is 10.2. The van der Waals surface area contributed by atoms with E-state index >= 15 is 0 Å². The number of esters is 1. The predicted molar refractivity (Wildman–Crippen MR) is 86.5 cm³/mol. The van der Waals surface area contributed by atoms with E-state index in [4.69, 9.17) is 8.61 Å². The molecule has 0 rings (SSSR count). The van der Waals surface area contributed by atoms with E-state index in [1.165, 1.54) is 48.5 Å². The molecule has 0 amide bonds. The summed E-state index contributed by atoms with van der Waals surface area (Å²) in [6, 6.07) is 0. The van der Waals surface area contributed by atoms with Crippen LogP contribution in [0.2, 0.25) is 10.1 Å². The van der Waals surface area contributed by atoms with Crippen LogP contribution in [-0.2, 0) is 23.5 Å². The molecule has 0 aliphatic rings. The second-order valence-corrected chi connectivity index (χ2v) is 14.2. The highest BCUT2D eigenvalue weighted by Gasteiger charge is 2.72. The summed E-state index contributed by atoms with van der Waals surface area (Å²) in [6.07, 6.45) is 0. The van der Waals surface area contributed by atoms with Gasteiger partial charge in [0.2, 0.25) is 0 Å². The first-order valence-corrected chi connectivity index (χ1v) is 10.6. The van der Waals surface area contributed by atoms with Crippen molar-refractivity contribution >= 4 is 29.7 Å². The Hall–Kier alpha value is -1.23. The highest BCUT2D eigenvalue weighted by molar-refractivity contribution is 7.89. The van der Waals surface area contributed by atoms with Crippen LogP contribution in [0.15, 0.2) is 0 Å². The third-order valence-electron chi connectivity index (χ3n) is 3.53. The molecule has 7 nitrogen and oxygen atoms in total. The Morgan fingerprint density at radius 3 is 1.72 bits per heavy atom. The highest BCUT2D eigenvalue weighted by atomic mass is 32.2. The van der Waals surface area contributed by atoms with Gasteiger partial charge in [-0.25, -0.2) is 4.79 Å². The van der Waals surface area contributed by atoms with E-state index in [0.717, 1.165) is 0 Å². The lowest BCUT2D eigenvalue weighted by Crippen LogP contribution is -2.65. The van der Waals surface area contributed by atoms with Gasteiger partial charge >= 0.3 is 35.2 Å². The fourth-order valence-electron chi connectivity index (χ4n) is 2.79. The Morgan fingerprint density at radius 1 is 1.08 bits per heavy atom. The molecule has 25 heavy (non-hydrogen) atoms. The number of hydrogen-bond donors (Lipinski definition) is 0. The van der Waals surface area contributed by atoms with Crippen molar-refractivity contribution < 1.29 is 39.8 Å². The Morgan fingerprint density at radius 2 is 1.48 bits per heavy atom. The largest absolute Gasteiger partial charge is 0.522 e. The van der Waals surface area contributed by atoms with E-state index in [0.29, 0.717) is 0 Å².